The summed E-state index contributed by atoms with van der Waals surface area (Å²) in [5.41, 5.74) is -0.630. The number of fused-ring (bicyclic) bond motifs is 1. The van der Waals surface area contributed by atoms with Gasteiger partial charge in [0, 0.05) is 19.0 Å². The molecule has 0 unspecified atom stereocenters. The molecule has 0 aromatic heterocycles. The predicted octanol–water partition coefficient (Wildman–Crippen LogP) is 1.33. The van der Waals surface area contributed by atoms with Gasteiger partial charge in [-0.3, -0.25) is 14.4 Å². The topological polar surface area (TPSA) is 141 Å². The van der Waals surface area contributed by atoms with Gasteiger partial charge >= 0.3 is 6.09 Å². The zero-order chi connectivity index (χ0) is 25.9. The molecule has 3 rings (SSSR count). The lowest BCUT2D eigenvalue weighted by Gasteiger charge is -2.36. The molecule has 0 radical (unpaired) electrons. The molecule has 10 heteroatoms. The van der Waals surface area contributed by atoms with Crippen molar-refractivity contribution < 1.29 is 23.9 Å². The third-order valence-corrected chi connectivity index (χ3v) is 7.43. The van der Waals surface area contributed by atoms with Gasteiger partial charge in [-0.15, -0.1) is 0 Å². The van der Waals surface area contributed by atoms with Crippen molar-refractivity contribution in [3.63, 3.8) is 0 Å². The van der Waals surface area contributed by atoms with E-state index in [9.17, 15) is 24.4 Å². The van der Waals surface area contributed by atoms with Crippen LogP contribution < -0.4 is 16.0 Å². The smallest absolute Gasteiger partial charge is 0.407 e. The lowest BCUT2D eigenvalue weighted by atomic mass is 9.75. The second-order valence-electron chi connectivity index (χ2n) is 10.9. The molecule has 2 fully saturated rings. The highest BCUT2D eigenvalue weighted by Crippen LogP contribution is 2.42. The number of methoxy groups -OCH3 is 1. The number of nitrogens with zero attached hydrogens (tertiary/aromatic N) is 2. The number of rotatable bonds is 6. The van der Waals surface area contributed by atoms with Gasteiger partial charge in [0.05, 0.1) is 13.2 Å². The maximum absolute atomic E-state index is 13.8. The lowest BCUT2D eigenvalue weighted by Crippen LogP contribution is -2.59. The van der Waals surface area contributed by atoms with E-state index in [2.05, 4.69) is 34.2 Å². The standard InChI is InChI=1S/C25H37N5O5/c1-14-7-6-8-16-13-30(23(33)20(25(2,3)4)29-24(34)35-5)19(18(14)16)22(32)28-17(12-26)11-15-9-10-27-21(15)31/h6-7,14-20H,8-11,13H2,1-5H3,(H,27,31)(H,28,32)(H,29,34)/t14-,15+,16+,17+,18+,19+,20-/m1/s1. The Kier molecular flexibility index (Phi) is 8.08. The number of ether oxygens (including phenoxy) is 1. The number of amides is 4. The average molecular weight is 488 g/mol. The molecule has 4 amide bonds. The van der Waals surface area contributed by atoms with E-state index in [1.807, 2.05) is 27.7 Å². The van der Waals surface area contributed by atoms with Crippen molar-refractivity contribution in [2.45, 2.75) is 65.1 Å². The first-order chi connectivity index (χ1) is 16.5. The Hall–Kier alpha value is -3.09. The van der Waals surface area contributed by atoms with Crippen LogP contribution in [0.25, 0.3) is 0 Å². The van der Waals surface area contributed by atoms with Crippen molar-refractivity contribution >= 4 is 23.8 Å². The fraction of sp³-hybridized carbons (Fsp3) is 0.720. The Morgan fingerprint density at radius 2 is 2.03 bits per heavy atom. The van der Waals surface area contributed by atoms with Crippen LogP contribution in [-0.2, 0) is 19.1 Å². The number of hydrogen-bond acceptors (Lipinski definition) is 6. The van der Waals surface area contributed by atoms with Gasteiger partial charge in [0.25, 0.3) is 0 Å². The first-order valence-electron chi connectivity index (χ1n) is 12.3. The minimum atomic E-state index is -0.900. The van der Waals surface area contributed by atoms with Crippen LogP contribution in [-0.4, -0.2) is 67.0 Å². The summed E-state index contributed by atoms with van der Waals surface area (Å²) >= 11 is 0. The van der Waals surface area contributed by atoms with Crippen molar-refractivity contribution in [3.05, 3.63) is 12.2 Å². The minimum absolute atomic E-state index is 0.0603. The van der Waals surface area contributed by atoms with Gasteiger partial charge in [-0.2, -0.15) is 5.26 Å². The summed E-state index contributed by atoms with van der Waals surface area (Å²) in [6.07, 6.45) is 5.03. The van der Waals surface area contributed by atoms with Crippen molar-refractivity contribution in [1.82, 2.24) is 20.9 Å². The maximum Gasteiger partial charge on any atom is 0.407 e. The lowest BCUT2D eigenvalue weighted by molar-refractivity contribution is -0.143. The molecule has 0 aromatic rings. The molecular formula is C25H37N5O5. The number of nitrogens with one attached hydrogen (secondary N) is 3. The number of nitriles is 1. The van der Waals surface area contributed by atoms with E-state index in [0.29, 0.717) is 19.5 Å². The van der Waals surface area contributed by atoms with E-state index in [4.69, 9.17) is 4.74 Å². The zero-order valence-electron chi connectivity index (χ0n) is 21.2. The summed E-state index contributed by atoms with van der Waals surface area (Å²) in [6.45, 7) is 8.49. The van der Waals surface area contributed by atoms with Gasteiger partial charge in [-0.05, 0) is 42.4 Å². The first kappa shape index (κ1) is 26.5. The van der Waals surface area contributed by atoms with E-state index in [1.165, 1.54) is 7.11 Å². The van der Waals surface area contributed by atoms with E-state index < -0.39 is 35.5 Å². The number of hydrogen-bond donors (Lipinski definition) is 3. The third kappa shape index (κ3) is 5.77. The molecule has 2 aliphatic heterocycles. The monoisotopic (exact) mass is 487 g/mol. The van der Waals surface area contributed by atoms with Crippen molar-refractivity contribution in [3.8, 4) is 6.07 Å². The summed E-state index contributed by atoms with van der Waals surface area (Å²) < 4.78 is 4.73. The summed E-state index contributed by atoms with van der Waals surface area (Å²) in [7, 11) is 1.24. The van der Waals surface area contributed by atoms with E-state index in [1.54, 1.807) is 4.90 Å². The molecular weight excluding hydrogens is 450 g/mol. The molecule has 3 N–H and O–H groups in total. The Bertz CT molecular complexity index is 920. The quantitative estimate of drug-likeness (QED) is 0.483. The van der Waals surface area contributed by atoms with E-state index in [-0.39, 0.29) is 41.9 Å². The van der Waals surface area contributed by atoms with Gasteiger partial charge < -0.3 is 25.6 Å². The number of carbonyl (C=O) groups excluding carboxylic acids is 4. The molecule has 2 heterocycles. The second kappa shape index (κ2) is 10.7. The molecule has 3 aliphatic rings. The van der Waals surface area contributed by atoms with E-state index in [0.717, 1.165) is 6.42 Å². The van der Waals surface area contributed by atoms with Crippen LogP contribution >= 0.6 is 0 Å². The van der Waals surface area contributed by atoms with Crippen molar-refractivity contribution in [2.24, 2.45) is 29.1 Å². The minimum Gasteiger partial charge on any atom is -0.453 e. The van der Waals surface area contributed by atoms with Crippen LogP contribution in [0.2, 0.25) is 0 Å². The molecule has 7 atom stereocenters. The highest BCUT2D eigenvalue weighted by molar-refractivity contribution is 5.93. The highest BCUT2D eigenvalue weighted by atomic mass is 16.5. The molecule has 0 saturated carbocycles. The van der Waals surface area contributed by atoms with Crippen molar-refractivity contribution in [2.75, 3.05) is 20.2 Å². The number of allylic oxidation sites excluding steroid dienone is 2. The number of likely N-dealkylation sites (tertiary alicyclic amines) is 1. The van der Waals surface area contributed by atoms with Gasteiger partial charge in [-0.25, -0.2) is 4.79 Å². The molecule has 192 valence electrons. The van der Waals surface area contributed by atoms with Crippen LogP contribution in [0.5, 0.6) is 0 Å². The molecule has 35 heavy (non-hydrogen) atoms. The molecule has 2 saturated heterocycles. The average Bonchev–Trinajstić information content (AvgIpc) is 3.39. The van der Waals surface area contributed by atoms with Crippen LogP contribution in [0, 0.1) is 40.4 Å². The third-order valence-electron chi connectivity index (χ3n) is 7.43. The van der Waals surface area contributed by atoms with Crippen LogP contribution in [0.1, 0.15) is 47.0 Å². The zero-order valence-corrected chi connectivity index (χ0v) is 21.2. The molecule has 0 bridgehead atoms. The number of alkyl carbamates (subject to hydrolysis) is 1. The summed E-state index contributed by atoms with van der Waals surface area (Å²) in [5, 5.41) is 17.9. The largest absolute Gasteiger partial charge is 0.453 e. The summed E-state index contributed by atoms with van der Waals surface area (Å²) in [5.74, 6) is -1.14. The summed E-state index contributed by atoms with van der Waals surface area (Å²) in [6, 6.07) is -0.418. The Balaban J connectivity index is 1.86. The predicted molar refractivity (Wildman–Crippen MR) is 127 cm³/mol. The van der Waals surface area contributed by atoms with Gasteiger partial charge in [-0.1, -0.05) is 39.8 Å². The Morgan fingerprint density at radius 1 is 1.31 bits per heavy atom. The molecule has 10 nitrogen and oxygen atoms in total. The van der Waals surface area contributed by atoms with Gasteiger partial charge in [0.1, 0.15) is 18.1 Å². The van der Waals surface area contributed by atoms with Crippen LogP contribution in [0.15, 0.2) is 12.2 Å². The Morgan fingerprint density at radius 3 is 2.60 bits per heavy atom. The molecule has 1 aliphatic carbocycles. The first-order valence-corrected chi connectivity index (χ1v) is 12.3. The normalized spacial score (nSPS) is 29.4. The van der Waals surface area contributed by atoms with Crippen LogP contribution in [0.4, 0.5) is 4.79 Å². The molecule has 0 aromatic carbocycles. The Labute approximate surface area is 206 Å². The number of carbonyl (C=O) groups is 4. The summed E-state index contributed by atoms with van der Waals surface area (Å²) in [4.78, 5) is 53.0. The second-order valence-corrected chi connectivity index (χ2v) is 10.9. The highest BCUT2D eigenvalue weighted by Gasteiger charge is 2.52. The fourth-order valence-corrected chi connectivity index (χ4v) is 5.59. The van der Waals surface area contributed by atoms with Gasteiger partial charge in [0.15, 0.2) is 0 Å². The SMILES string of the molecule is COC(=O)N[C@H](C(=O)N1C[C@@H]2CC=C[C@@H](C)[C@@H]2[C@H]1C(=O)N[C@H](C#N)C[C@@H]1CCNC1=O)C(C)(C)C. The van der Waals surface area contributed by atoms with Crippen molar-refractivity contribution in [1.29, 1.82) is 5.26 Å². The van der Waals surface area contributed by atoms with Gasteiger partial charge in [0.2, 0.25) is 17.7 Å². The molecule has 0 spiro atoms. The van der Waals surface area contributed by atoms with Crippen LogP contribution in [0.3, 0.4) is 0 Å². The van der Waals surface area contributed by atoms with E-state index >= 15 is 0 Å². The maximum atomic E-state index is 13.8. The fourth-order valence-electron chi connectivity index (χ4n) is 5.59.